The normalized spacial score (nSPS) is 19.9. The molecule has 32 heavy (non-hydrogen) atoms. The number of Topliss-reactive ketones (excluding diaryl/α,β-unsaturated/α-hetero) is 1. The van der Waals surface area contributed by atoms with Gasteiger partial charge in [-0.05, 0) is 45.9 Å². The lowest BCUT2D eigenvalue weighted by molar-refractivity contribution is -0.116. The number of nitrogens with one attached hydrogen (secondary N) is 2. The number of hydrogen-bond donors (Lipinski definition) is 2. The van der Waals surface area contributed by atoms with E-state index in [1.54, 1.807) is 32.7 Å². The number of hydrogen-bond acceptors (Lipinski definition) is 10. The van der Waals surface area contributed by atoms with Crippen molar-refractivity contribution >= 4 is 28.8 Å². The average Bonchev–Trinajstić information content (AvgIpc) is 3.47. The van der Waals surface area contributed by atoms with Gasteiger partial charge >= 0.3 is 0 Å². The van der Waals surface area contributed by atoms with Crippen molar-refractivity contribution in [2.24, 2.45) is 0 Å². The monoisotopic (exact) mass is 454 g/mol. The van der Waals surface area contributed by atoms with Crippen molar-refractivity contribution in [2.45, 2.75) is 24.8 Å². The summed E-state index contributed by atoms with van der Waals surface area (Å²) in [6, 6.07) is 7.25. The molecule has 3 aromatic rings. The Morgan fingerprint density at radius 1 is 1.06 bits per heavy atom. The maximum atomic E-state index is 13.5. The maximum Gasteiger partial charge on any atom is 0.219 e. The lowest BCUT2D eigenvalue weighted by Crippen LogP contribution is -2.26. The molecule has 2 atom stereocenters. The molecule has 0 amide bonds. The fourth-order valence-electron chi connectivity index (χ4n) is 4.34. The molecule has 0 unspecified atom stereocenters. The van der Waals surface area contributed by atoms with Crippen LogP contribution in [0.4, 0.5) is 11.6 Å². The van der Waals surface area contributed by atoms with Gasteiger partial charge in [-0.25, -0.2) is 4.63 Å². The average molecular weight is 455 g/mol. The van der Waals surface area contributed by atoms with Crippen LogP contribution in [-0.2, 0) is 4.79 Å². The van der Waals surface area contributed by atoms with E-state index in [0.717, 1.165) is 11.3 Å². The fourth-order valence-corrected chi connectivity index (χ4v) is 5.17. The van der Waals surface area contributed by atoms with Gasteiger partial charge < -0.3 is 24.8 Å². The number of ketones is 1. The van der Waals surface area contributed by atoms with Crippen LogP contribution in [0.15, 0.2) is 45.5 Å². The molecule has 2 aromatic heterocycles. The first kappa shape index (κ1) is 20.4. The van der Waals surface area contributed by atoms with Crippen molar-refractivity contribution in [2.75, 3.05) is 32.0 Å². The number of carbonyl (C=O) groups excluding carboxylic acids is 1. The number of anilines is 2. The van der Waals surface area contributed by atoms with Gasteiger partial charge in [-0.1, -0.05) is 6.07 Å². The zero-order valence-electron chi connectivity index (χ0n) is 17.8. The zero-order chi connectivity index (χ0) is 22.2. The molecule has 0 fully saturated rings. The molecule has 10 heteroatoms. The highest BCUT2D eigenvalue weighted by atomic mass is 32.1. The highest BCUT2D eigenvalue weighted by molar-refractivity contribution is 7.10. The number of thiophene rings is 1. The number of nitrogens with zero attached hydrogens (tertiary/aromatic N) is 2. The first-order valence-corrected chi connectivity index (χ1v) is 11.0. The van der Waals surface area contributed by atoms with Crippen molar-refractivity contribution in [3.05, 3.63) is 51.4 Å². The molecule has 166 valence electrons. The van der Waals surface area contributed by atoms with Crippen LogP contribution in [0.2, 0.25) is 0 Å². The largest absolute Gasteiger partial charge is 0.493 e. The van der Waals surface area contributed by atoms with Crippen LogP contribution in [0.25, 0.3) is 0 Å². The number of fused-ring (bicyclic) bond motifs is 1. The summed E-state index contributed by atoms with van der Waals surface area (Å²) < 4.78 is 21.5. The molecule has 0 saturated carbocycles. The van der Waals surface area contributed by atoms with Crippen LogP contribution in [0.5, 0.6) is 17.2 Å². The van der Waals surface area contributed by atoms with E-state index < -0.39 is 6.04 Å². The Kier molecular flexibility index (Phi) is 5.22. The van der Waals surface area contributed by atoms with E-state index in [2.05, 4.69) is 27.0 Å². The smallest absolute Gasteiger partial charge is 0.219 e. The van der Waals surface area contributed by atoms with E-state index in [1.807, 2.05) is 23.6 Å². The second-order valence-electron chi connectivity index (χ2n) is 7.56. The van der Waals surface area contributed by atoms with Crippen LogP contribution in [-0.4, -0.2) is 37.4 Å². The van der Waals surface area contributed by atoms with Crippen molar-refractivity contribution in [3.63, 3.8) is 0 Å². The Hall–Kier alpha value is -3.53. The minimum Gasteiger partial charge on any atom is -0.493 e. The Morgan fingerprint density at radius 3 is 2.47 bits per heavy atom. The van der Waals surface area contributed by atoms with Gasteiger partial charge in [-0.2, -0.15) is 0 Å². The van der Waals surface area contributed by atoms with E-state index >= 15 is 0 Å². The second-order valence-corrected chi connectivity index (χ2v) is 8.54. The minimum atomic E-state index is -0.504. The van der Waals surface area contributed by atoms with Crippen LogP contribution in [0.3, 0.4) is 0 Å². The highest BCUT2D eigenvalue weighted by Gasteiger charge is 2.38. The number of benzene rings is 1. The van der Waals surface area contributed by atoms with Crippen LogP contribution >= 0.6 is 11.3 Å². The predicted octanol–water partition coefficient (Wildman–Crippen LogP) is 4.14. The summed E-state index contributed by atoms with van der Waals surface area (Å²) in [5, 5.41) is 16.6. The molecule has 0 spiro atoms. The van der Waals surface area contributed by atoms with Crippen molar-refractivity contribution in [1.82, 2.24) is 10.3 Å². The minimum absolute atomic E-state index is 0.0606. The van der Waals surface area contributed by atoms with Crippen LogP contribution in [0, 0.1) is 0 Å². The molecule has 0 radical (unpaired) electrons. The first-order valence-electron chi connectivity index (χ1n) is 10.1. The van der Waals surface area contributed by atoms with E-state index in [9.17, 15) is 4.79 Å². The second kappa shape index (κ2) is 8.19. The molecule has 0 saturated heterocycles. The SMILES string of the molecule is COc1cc([C@H]2Nc3nonc3NC3=C2C(=O)C[C@H](c2cccs2)C3)cc(OC)c1OC. The summed E-state index contributed by atoms with van der Waals surface area (Å²) in [4.78, 5) is 14.7. The number of allylic oxidation sites excluding steroid dienone is 1. The molecular weight excluding hydrogens is 432 g/mol. The van der Waals surface area contributed by atoms with Gasteiger partial charge in [0.1, 0.15) is 0 Å². The lowest BCUT2D eigenvalue weighted by Gasteiger charge is -2.29. The first-order chi connectivity index (χ1) is 15.6. The summed E-state index contributed by atoms with van der Waals surface area (Å²) >= 11 is 1.66. The number of carbonyl (C=O) groups is 1. The highest BCUT2D eigenvalue weighted by Crippen LogP contribution is 2.47. The van der Waals surface area contributed by atoms with Gasteiger partial charge in [0.25, 0.3) is 0 Å². The van der Waals surface area contributed by atoms with Crippen molar-refractivity contribution < 1.29 is 23.6 Å². The maximum absolute atomic E-state index is 13.5. The van der Waals surface area contributed by atoms with Gasteiger partial charge in [-0.3, -0.25) is 4.79 Å². The van der Waals surface area contributed by atoms with E-state index in [0.29, 0.717) is 47.3 Å². The molecule has 0 bridgehead atoms. The van der Waals surface area contributed by atoms with Crippen molar-refractivity contribution in [3.8, 4) is 17.2 Å². The Balaban J connectivity index is 1.64. The number of aromatic nitrogens is 2. The third-order valence-electron chi connectivity index (χ3n) is 5.80. The summed E-state index contributed by atoms with van der Waals surface area (Å²) in [6.07, 6.45) is 1.11. The molecule has 1 aromatic carbocycles. The Morgan fingerprint density at radius 2 is 1.81 bits per heavy atom. The number of rotatable bonds is 5. The molecule has 3 heterocycles. The molecule has 2 N–H and O–H groups in total. The molecule has 2 aliphatic rings. The van der Waals surface area contributed by atoms with E-state index in [4.69, 9.17) is 18.8 Å². The lowest BCUT2D eigenvalue weighted by atomic mass is 9.80. The van der Waals surface area contributed by atoms with E-state index in [-0.39, 0.29) is 11.7 Å². The summed E-state index contributed by atoms with van der Waals surface area (Å²) in [5.74, 6) is 2.53. The third kappa shape index (κ3) is 3.36. The predicted molar refractivity (Wildman–Crippen MR) is 119 cm³/mol. The molecule has 9 nitrogen and oxygen atoms in total. The summed E-state index contributed by atoms with van der Waals surface area (Å²) in [5.41, 5.74) is 2.22. The topological polar surface area (TPSA) is 108 Å². The number of ether oxygens (including phenoxy) is 3. The fraction of sp³-hybridized carbons (Fsp3) is 0.318. The molecule has 5 rings (SSSR count). The van der Waals surface area contributed by atoms with Crippen molar-refractivity contribution in [1.29, 1.82) is 0 Å². The zero-order valence-corrected chi connectivity index (χ0v) is 18.6. The quantitative estimate of drug-likeness (QED) is 0.588. The van der Waals surface area contributed by atoms with Gasteiger partial charge in [0.05, 0.1) is 27.4 Å². The van der Waals surface area contributed by atoms with Crippen LogP contribution in [0.1, 0.15) is 35.2 Å². The Labute approximate surface area is 188 Å². The molecular formula is C22H22N4O5S. The molecule has 1 aliphatic heterocycles. The summed E-state index contributed by atoms with van der Waals surface area (Å²) in [7, 11) is 4.67. The third-order valence-corrected chi connectivity index (χ3v) is 6.84. The van der Waals surface area contributed by atoms with E-state index in [1.165, 1.54) is 4.88 Å². The van der Waals surface area contributed by atoms with Gasteiger partial charge in [-0.15, -0.1) is 11.3 Å². The van der Waals surface area contributed by atoms with Crippen LogP contribution < -0.4 is 24.8 Å². The Bertz CT molecular complexity index is 1160. The number of methoxy groups -OCH3 is 3. The van der Waals surface area contributed by atoms with Gasteiger partial charge in [0.15, 0.2) is 17.3 Å². The summed E-state index contributed by atoms with van der Waals surface area (Å²) in [6.45, 7) is 0. The standard InChI is InChI=1S/C22H22N4O5S/c1-28-15-9-12(10-16(29-2)20(15)30-3)19-18-13(23-21-22(24-19)26-31-25-21)7-11(8-14(18)27)17-5-4-6-32-17/h4-6,9-11,19H,7-8H2,1-3H3,(H,23,25)(H,24,26)/t11-,19-/m1/s1. The molecule has 1 aliphatic carbocycles. The van der Waals surface area contributed by atoms with Gasteiger partial charge in [0, 0.05) is 28.5 Å². The van der Waals surface area contributed by atoms with Gasteiger partial charge in [0.2, 0.25) is 17.4 Å².